The van der Waals surface area contributed by atoms with Crippen LogP contribution in [0.1, 0.15) is 0 Å². The van der Waals surface area contributed by atoms with Crippen molar-refractivity contribution in [3.63, 3.8) is 0 Å². The molecule has 7 heteroatoms. The monoisotopic (exact) mass is 333 g/mol. The lowest BCUT2D eigenvalue weighted by atomic mass is 10.2. The Labute approximate surface area is 133 Å². The summed E-state index contributed by atoms with van der Waals surface area (Å²) in [7, 11) is -3.21. The van der Waals surface area contributed by atoms with Crippen LogP contribution < -0.4 is 0 Å². The van der Waals surface area contributed by atoms with Crippen molar-refractivity contribution in [1.29, 1.82) is 0 Å². The molecule has 3 rings (SSSR count). The highest BCUT2D eigenvalue weighted by Gasteiger charge is 2.10. The van der Waals surface area contributed by atoms with Crippen LogP contribution in [0.3, 0.4) is 0 Å². The van der Waals surface area contributed by atoms with E-state index in [9.17, 15) is 8.42 Å². The van der Waals surface area contributed by atoms with Crippen LogP contribution in [0.2, 0.25) is 5.15 Å². The zero-order chi connectivity index (χ0) is 15.7. The van der Waals surface area contributed by atoms with Crippen molar-refractivity contribution in [3.8, 4) is 16.9 Å². The molecule has 2 heterocycles. The smallest absolute Gasteiger partial charge is 0.175 e. The van der Waals surface area contributed by atoms with Crippen molar-refractivity contribution < 1.29 is 8.42 Å². The van der Waals surface area contributed by atoms with E-state index in [0.29, 0.717) is 5.15 Å². The maximum Gasteiger partial charge on any atom is 0.175 e. The molecule has 0 radical (unpaired) electrons. The lowest BCUT2D eigenvalue weighted by Gasteiger charge is -2.08. The fraction of sp³-hybridized carbons (Fsp3) is 0.0667. The highest BCUT2D eigenvalue weighted by atomic mass is 35.5. The molecule has 0 N–H and O–H groups in total. The normalized spacial score (nSPS) is 11.5. The Kier molecular flexibility index (Phi) is 3.72. The Morgan fingerprint density at radius 3 is 2.41 bits per heavy atom. The Balaban J connectivity index is 2.06. The van der Waals surface area contributed by atoms with Crippen molar-refractivity contribution in [2.75, 3.05) is 6.26 Å². The van der Waals surface area contributed by atoms with Gasteiger partial charge >= 0.3 is 0 Å². The van der Waals surface area contributed by atoms with E-state index in [4.69, 9.17) is 11.6 Å². The third-order valence-corrected chi connectivity index (χ3v) is 4.51. The van der Waals surface area contributed by atoms with Crippen LogP contribution >= 0.6 is 11.6 Å². The summed E-state index contributed by atoms with van der Waals surface area (Å²) >= 11 is 5.92. The summed E-state index contributed by atoms with van der Waals surface area (Å²) in [5.41, 5.74) is 2.49. The second-order valence-electron chi connectivity index (χ2n) is 4.76. The Morgan fingerprint density at radius 2 is 1.77 bits per heavy atom. The molecule has 0 amide bonds. The molecule has 3 aromatic rings. The van der Waals surface area contributed by atoms with Gasteiger partial charge in [-0.15, -0.1) is 0 Å². The van der Waals surface area contributed by atoms with Crippen molar-refractivity contribution in [2.45, 2.75) is 4.90 Å². The van der Waals surface area contributed by atoms with Gasteiger partial charge in [0.25, 0.3) is 0 Å². The van der Waals surface area contributed by atoms with Crippen LogP contribution in [0.4, 0.5) is 0 Å². The average Bonchev–Trinajstić information content (AvgIpc) is 2.96. The quantitative estimate of drug-likeness (QED) is 0.691. The second kappa shape index (κ2) is 5.55. The topological polar surface area (TPSA) is 64.8 Å². The van der Waals surface area contributed by atoms with E-state index in [1.54, 1.807) is 47.4 Å². The van der Waals surface area contributed by atoms with Crippen LogP contribution in [-0.2, 0) is 9.84 Å². The molecular weight excluding hydrogens is 322 g/mol. The zero-order valence-electron chi connectivity index (χ0n) is 11.6. The molecule has 1 aromatic carbocycles. The lowest BCUT2D eigenvalue weighted by molar-refractivity contribution is 0.602. The molecule has 0 saturated heterocycles. The molecule has 0 fully saturated rings. The van der Waals surface area contributed by atoms with Gasteiger partial charge in [-0.3, -0.25) is 0 Å². The van der Waals surface area contributed by atoms with Gasteiger partial charge in [0.1, 0.15) is 5.15 Å². The minimum Gasteiger partial charge on any atom is -0.245 e. The van der Waals surface area contributed by atoms with Gasteiger partial charge in [0.2, 0.25) is 0 Å². The van der Waals surface area contributed by atoms with Gasteiger partial charge in [0, 0.05) is 18.0 Å². The van der Waals surface area contributed by atoms with Gasteiger partial charge in [0.05, 0.1) is 22.5 Å². The molecule has 22 heavy (non-hydrogen) atoms. The highest BCUT2D eigenvalue weighted by molar-refractivity contribution is 7.90. The van der Waals surface area contributed by atoms with Crippen LogP contribution in [0, 0.1) is 0 Å². The lowest BCUT2D eigenvalue weighted by Crippen LogP contribution is -2.01. The van der Waals surface area contributed by atoms with Crippen LogP contribution in [0.25, 0.3) is 16.9 Å². The molecule has 0 spiro atoms. The van der Waals surface area contributed by atoms with E-state index in [1.165, 1.54) is 6.26 Å². The predicted octanol–water partition coefficient (Wildman–Crippen LogP) is 2.99. The van der Waals surface area contributed by atoms with Gasteiger partial charge in [-0.2, -0.15) is 5.10 Å². The van der Waals surface area contributed by atoms with Gasteiger partial charge in [-0.05, 0) is 42.5 Å². The first-order valence-electron chi connectivity index (χ1n) is 6.41. The third kappa shape index (κ3) is 2.88. The summed E-state index contributed by atoms with van der Waals surface area (Å²) in [6.07, 6.45) is 4.48. The van der Waals surface area contributed by atoms with E-state index < -0.39 is 9.84 Å². The molecule has 0 aliphatic carbocycles. The molecule has 0 bridgehead atoms. The van der Waals surface area contributed by atoms with Crippen LogP contribution in [0.15, 0.2) is 59.8 Å². The molecule has 5 nitrogen and oxygen atoms in total. The van der Waals surface area contributed by atoms with Gasteiger partial charge in [-0.25, -0.2) is 18.1 Å². The molecular formula is C15H12ClN3O2S. The maximum atomic E-state index is 11.5. The summed E-state index contributed by atoms with van der Waals surface area (Å²) in [5.74, 6) is 0. The summed E-state index contributed by atoms with van der Waals surface area (Å²) in [4.78, 5) is 4.23. The predicted molar refractivity (Wildman–Crippen MR) is 84.9 cm³/mol. The molecule has 0 saturated carbocycles. The SMILES string of the molecule is CS(=O)(=O)c1ccc(-n2nccc2-c2ccnc(Cl)c2)cc1. The second-order valence-corrected chi connectivity index (χ2v) is 7.16. The number of sulfone groups is 1. The van der Waals surface area contributed by atoms with E-state index in [2.05, 4.69) is 10.1 Å². The van der Waals surface area contributed by atoms with E-state index in [0.717, 1.165) is 16.9 Å². The molecule has 0 aliphatic heterocycles. The maximum absolute atomic E-state index is 11.5. The van der Waals surface area contributed by atoms with Gasteiger partial charge in [-0.1, -0.05) is 11.6 Å². The van der Waals surface area contributed by atoms with Crippen molar-refractivity contribution in [1.82, 2.24) is 14.8 Å². The number of hydrogen-bond acceptors (Lipinski definition) is 4. The molecule has 0 unspecified atom stereocenters. The van der Waals surface area contributed by atoms with Gasteiger partial charge < -0.3 is 0 Å². The number of pyridine rings is 1. The largest absolute Gasteiger partial charge is 0.245 e. The van der Waals surface area contributed by atoms with Crippen molar-refractivity contribution in [3.05, 3.63) is 60.0 Å². The number of halogens is 1. The highest BCUT2D eigenvalue weighted by Crippen LogP contribution is 2.24. The summed E-state index contributed by atoms with van der Waals surface area (Å²) < 4.78 is 24.7. The van der Waals surface area contributed by atoms with Crippen LogP contribution in [0.5, 0.6) is 0 Å². The molecule has 0 aliphatic rings. The average molecular weight is 334 g/mol. The van der Waals surface area contributed by atoms with Crippen molar-refractivity contribution in [2.24, 2.45) is 0 Å². The summed E-state index contributed by atoms with van der Waals surface area (Å²) in [6, 6.07) is 12.0. The number of rotatable bonds is 3. The van der Waals surface area contributed by atoms with Crippen LogP contribution in [-0.4, -0.2) is 29.4 Å². The number of nitrogens with zero attached hydrogens (tertiary/aromatic N) is 3. The Hall–Kier alpha value is -2.18. The first kappa shape index (κ1) is 14.7. The minimum absolute atomic E-state index is 0.275. The molecule has 2 aromatic heterocycles. The van der Waals surface area contributed by atoms with E-state index in [1.807, 2.05) is 12.1 Å². The standard InChI is InChI=1S/C15H12ClN3O2S/c1-22(20,21)13-4-2-12(3-5-13)19-14(7-9-18-19)11-6-8-17-15(16)10-11/h2-10H,1H3. The number of aromatic nitrogens is 3. The Bertz CT molecular complexity index is 918. The Morgan fingerprint density at radius 1 is 1.05 bits per heavy atom. The zero-order valence-corrected chi connectivity index (χ0v) is 13.2. The first-order chi connectivity index (χ1) is 10.4. The van der Waals surface area contributed by atoms with E-state index in [-0.39, 0.29) is 4.90 Å². The fourth-order valence-electron chi connectivity index (χ4n) is 2.12. The van der Waals surface area contributed by atoms with Gasteiger partial charge in [0.15, 0.2) is 9.84 Å². The fourth-order valence-corrected chi connectivity index (χ4v) is 2.93. The van der Waals surface area contributed by atoms with Crippen molar-refractivity contribution >= 4 is 21.4 Å². The molecule has 0 atom stereocenters. The molecule has 112 valence electrons. The summed E-state index contributed by atoms with van der Waals surface area (Å²) in [6.45, 7) is 0. The minimum atomic E-state index is -3.21. The number of hydrogen-bond donors (Lipinski definition) is 0. The summed E-state index contributed by atoms with van der Waals surface area (Å²) in [5, 5.41) is 4.69. The third-order valence-electron chi connectivity index (χ3n) is 3.17. The first-order valence-corrected chi connectivity index (χ1v) is 8.68. The van der Waals surface area contributed by atoms with E-state index >= 15 is 0 Å². The number of benzene rings is 1.